The zero-order valence-corrected chi connectivity index (χ0v) is 13.4. The Morgan fingerprint density at radius 3 is 2.46 bits per heavy atom. The zero-order valence-electron chi connectivity index (χ0n) is 13.4. The van der Waals surface area contributed by atoms with Gasteiger partial charge in [-0.15, -0.1) is 0 Å². The van der Waals surface area contributed by atoms with Gasteiger partial charge in [0.25, 0.3) is 0 Å². The fraction of sp³-hybridized carbons (Fsp3) is 0.611. The Balaban J connectivity index is 1.59. The lowest BCUT2D eigenvalue weighted by molar-refractivity contribution is -0.138. The Bertz CT molecular complexity index is 594. The third-order valence-corrected chi connectivity index (χ3v) is 5.24. The van der Waals surface area contributed by atoms with E-state index in [1.54, 1.807) is 6.07 Å². The van der Waals surface area contributed by atoms with Crippen LogP contribution in [0.3, 0.4) is 0 Å². The number of halogens is 3. The molecule has 132 valence electrons. The summed E-state index contributed by atoms with van der Waals surface area (Å²) in [7, 11) is 0. The van der Waals surface area contributed by atoms with Gasteiger partial charge in [0.2, 0.25) is 5.91 Å². The largest absolute Gasteiger partial charge is 0.416 e. The fourth-order valence-electron chi connectivity index (χ4n) is 3.70. The summed E-state index contributed by atoms with van der Waals surface area (Å²) in [6, 6.07) is 5.61. The van der Waals surface area contributed by atoms with Crippen molar-refractivity contribution >= 4 is 5.91 Å². The lowest BCUT2D eigenvalue weighted by Crippen LogP contribution is -2.39. The first kappa shape index (κ1) is 17.3. The van der Waals surface area contributed by atoms with Crippen molar-refractivity contribution in [3.8, 4) is 0 Å². The van der Waals surface area contributed by atoms with Gasteiger partial charge in [0.15, 0.2) is 0 Å². The summed E-state index contributed by atoms with van der Waals surface area (Å²) in [5, 5.41) is 12.1. The highest BCUT2D eigenvalue weighted by Crippen LogP contribution is 2.51. The number of amides is 1. The molecular formula is C18H22F3NO2. The quantitative estimate of drug-likeness (QED) is 0.881. The maximum Gasteiger partial charge on any atom is 0.416 e. The van der Waals surface area contributed by atoms with Gasteiger partial charge in [-0.25, -0.2) is 0 Å². The standard InChI is InChI=1S/C18H22F3NO2/c19-18(20,21)16-4-2-1-3-13(16)14-9-15(14)17(24)22-12-7-5-11(10-23)6-8-12/h1-4,11-12,14-15,23H,5-10H2,(H,22,24). The van der Waals surface area contributed by atoms with Crippen LogP contribution >= 0.6 is 0 Å². The number of hydrogen-bond donors (Lipinski definition) is 2. The van der Waals surface area contributed by atoms with Gasteiger partial charge in [0.1, 0.15) is 0 Å². The SMILES string of the molecule is O=C(NC1CCC(CO)CC1)C1CC1c1ccccc1C(F)(F)F. The third-order valence-electron chi connectivity index (χ3n) is 5.24. The topological polar surface area (TPSA) is 49.3 Å². The maximum atomic E-state index is 13.1. The van der Waals surface area contributed by atoms with Crippen LogP contribution in [0, 0.1) is 11.8 Å². The van der Waals surface area contributed by atoms with Crippen molar-refractivity contribution < 1.29 is 23.1 Å². The van der Waals surface area contributed by atoms with Gasteiger partial charge in [-0.3, -0.25) is 4.79 Å². The molecule has 2 aliphatic carbocycles. The number of rotatable bonds is 4. The summed E-state index contributed by atoms with van der Waals surface area (Å²) < 4.78 is 39.3. The first-order valence-corrected chi connectivity index (χ1v) is 8.47. The molecule has 24 heavy (non-hydrogen) atoms. The molecule has 3 rings (SSSR count). The average Bonchev–Trinajstić information content (AvgIpc) is 3.35. The van der Waals surface area contributed by atoms with E-state index in [1.807, 2.05) is 0 Å². The minimum atomic E-state index is -4.39. The lowest BCUT2D eigenvalue weighted by atomic mass is 9.86. The molecule has 2 atom stereocenters. The van der Waals surface area contributed by atoms with Crippen LogP contribution in [0.1, 0.15) is 49.1 Å². The molecule has 0 radical (unpaired) electrons. The molecule has 2 fully saturated rings. The number of nitrogens with one attached hydrogen (secondary N) is 1. The Labute approximate surface area is 139 Å². The van der Waals surface area contributed by atoms with Gasteiger partial charge in [0, 0.05) is 18.6 Å². The molecule has 3 nitrogen and oxygen atoms in total. The van der Waals surface area contributed by atoms with Crippen molar-refractivity contribution in [3.05, 3.63) is 35.4 Å². The molecule has 6 heteroatoms. The van der Waals surface area contributed by atoms with Gasteiger partial charge in [-0.2, -0.15) is 13.2 Å². The first-order chi connectivity index (χ1) is 11.4. The van der Waals surface area contributed by atoms with Gasteiger partial charge in [-0.05, 0) is 55.6 Å². The minimum absolute atomic E-state index is 0.0828. The van der Waals surface area contributed by atoms with E-state index in [0.29, 0.717) is 12.3 Å². The minimum Gasteiger partial charge on any atom is -0.396 e. The second kappa shape index (κ2) is 6.75. The number of carbonyl (C=O) groups excluding carboxylic acids is 1. The Kier molecular flexibility index (Phi) is 4.85. The zero-order chi connectivity index (χ0) is 17.3. The Morgan fingerprint density at radius 1 is 1.17 bits per heavy atom. The summed E-state index contributed by atoms with van der Waals surface area (Å²) in [6.07, 6.45) is -0.492. The first-order valence-electron chi connectivity index (χ1n) is 8.47. The molecule has 0 saturated heterocycles. The predicted octanol–water partition coefficient (Wildman–Crippen LogP) is 3.48. The molecule has 2 saturated carbocycles. The van der Waals surface area contributed by atoms with Crippen LogP contribution in [0.4, 0.5) is 13.2 Å². The van der Waals surface area contributed by atoms with E-state index in [2.05, 4.69) is 5.32 Å². The highest BCUT2D eigenvalue weighted by atomic mass is 19.4. The summed E-state index contributed by atoms with van der Waals surface area (Å²) in [5.74, 6) is -0.518. The van der Waals surface area contributed by atoms with E-state index in [1.165, 1.54) is 12.1 Å². The highest BCUT2D eigenvalue weighted by molar-refractivity contribution is 5.83. The van der Waals surface area contributed by atoms with Crippen molar-refractivity contribution in [2.24, 2.45) is 11.8 Å². The van der Waals surface area contributed by atoms with E-state index < -0.39 is 11.7 Å². The van der Waals surface area contributed by atoms with Crippen LogP contribution in [0.25, 0.3) is 0 Å². The molecule has 1 aromatic carbocycles. The fourth-order valence-corrected chi connectivity index (χ4v) is 3.70. The monoisotopic (exact) mass is 341 g/mol. The molecule has 1 aromatic rings. The van der Waals surface area contributed by atoms with Gasteiger partial charge in [-0.1, -0.05) is 18.2 Å². The van der Waals surface area contributed by atoms with Crippen molar-refractivity contribution in [2.75, 3.05) is 6.61 Å². The normalized spacial score (nSPS) is 30.0. The second-order valence-corrected chi connectivity index (χ2v) is 6.94. The summed E-state index contributed by atoms with van der Waals surface area (Å²) in [6.45, 7) is 0.180. The van der Waals surface area contributed by atoms with Crippen molar-refractivity contribution in [1.82, 2.24) is 5.32 Å². The van der Waals surface area contributed by atoms with Crippen molar-refractivity contribution in [2.45, 2.75) is 50.2 Å². The van der Waals surface area contributed by atoms with Crippen LogP contribution in [0.15, 0.2) is 24.3 Å². The molecule has 0 spiro atoms. The molecule has 0 aromatic heterocycles. The number of aliphatic hydroxyl groups is 1. The molecule has 0 heterocycles. The van der Waals surface area contributed by atoms with E-state index in [0.717, 1.165) is 31.7 Å². The molecule has 2 N–H and O–H groups in total. The molecule has 0 bridgehead atoms. The molecule has 2 unspecified atom stereocenters. The third kappa shape index (κ3) is 3.74. The van der Waals surface area contributed by atoms with E-state index >= 15 is 0 Å². The van der Waals surface area contributed by atoms with E-state index in [9.17, 15) is 18.0 Å². The summed E-state index contributed by atoms with van der Waals surface area (Å²) in [4.78, 5) is 12.3. The number of benzene rings is 1. The van der Waals surface area contributed by atoms with Crippen LogP contribution in [0.2, 0.25) is 0 Å². The lowest BCUT2D eigenvalue weighted by Gasteiger charge is -2.28. The van der Waals surface area contributed by atoms with Gasteiger partial charge < -0.3 is 10.4 Å². The number of aliphatic hydroxyl groups excluding tert-OH is 1. The maximum absolute atomic E-state index is 13.1. The Hall–Kier alpha value is -1.56. The van der Waals surface area contributed by atoms with Crippen LogP contribution < -0.4 is 5.32 Å². The van der Waals surface area contributed by atoms with E-state index in [-0.39, 0.29) is 36.0 Å². The van der Waals surface area contributed by atoms with Gasteiger partial charge >= 0.3 is 6.18 Å². The van der Waals surface area contributed by atoms with Crippen LogP contribution in [-0.2, 0) is 11.0 Å². The summed E-state index contributed by atoms with van der Waals surface area (Å²) in [5.41, 5.74) is -0.400. The smallest absolute Gasteiger partial charge is 0.396 e. The second-order valence-electron chi connectivity index (χ2n) is 6.94. The molecular weight excluding hydrogens is 319 g/mol. The highest BCUT2D eigenvalue weighted by Gasteiger charge is 2.48. The number of alkyl halides is 3. The van der Waals surface area contributed by atoms with Crippen molar-refractivity contribution in [3.63, 3.8) is 0 Å². The summed E-state index contributed by atoms with van der Waals surface area (Å²) >= 11 is 0. The Morgan fingerprint density at radius 2 is 1.83 bits per heavy atom. The van der Waals surface area contributed by atoms with Crippen LogP contribution in [0.5, 0.6) is 0 Å². The average molecular weight is 341 g/mol. The van der Waals surface area contributed by atoms with E-state index in [4.69, 9.17) is 5.11 Å². The van der Waals surface area contributed by atoms with Crippen LogP contribution in [-0.4, -0.2) is 23.7 Å². The molecule has 0 aliphatic heterocycles. The molecule has 1 amide bonds. The predicted molar refractivity (Wildman–Crippen MR) is 83.3 cm³/mol. The number of hydrogen-bond acceptors (Lipinski definition) is 2. The number of carbonyl (C=O) groups is 1. The molecule has 2 aliphatic rings. The van der Waals surface area contributed by atoms with Crippen molar-refractivity contribution in [1.29, 1.82) is 0 Å². The van der Waals surface area contributed by atoms with Gasteiger partial charge in [0.05, 0.1) is 5.56 Å².